The van der Waals surface area contributed by atoms with Crippen molar-refractivity contribution >= 4 is 27.3 Å². The van der Waals surface area contributed by atoms with Gasteiger partial charge in [-0.1, -0.05) is 12.8 Å². The van der Waals surface area contributed by atoms with Crippen molar-refractivity contribution in [1.82, 2.24) is 0 Å². The van der Waals surface area contributed by atoms with Crippen molar-refractivity contribution in [2.24, 2.45) is 0 Å². The molecule has 0 nitrogen and oxygen atoms in total. The first-order chi connectivity index (χ1) is 5.36. The summed E-state index contributed by atoms with van der Waals surface area (Å²) in [6.45, 7) is 0. The summed E-state index contributed by atoms with van der Waals surface area (Å²) >= 11 is 5.40. The third-order valence-electron chi connectivity index (χ3n) is 2.35. The van der Waals surface area contributed by atoms with Crippen LogP contribution >= 0.6 is 27.3 Å². The van der Waals surface area contributed by atoms with Gasteiger partial charge in [0.25, 0.3) is 0 Å². The highest BCUT2D eigenvalue weighted by molar-refractivity contribution is 9.11. The standard InChI is InChI=1S/C9H11BrS/c10-9-6-5-8(11-9)7-3-1-2-4-7/h5-7H,1-4H2. The fraction of sp³-hybridized carbons (Fsp3) is 0.556. The molecule has 1 aliphatic carbocycles. The second kappa shape index (κ2) is 3.28. The Hall–Kier alpha value is 0.180. The van der Waals surface area contributed by atoms with Crippen LogP contribution in [0.4, 0.5) is 0 Å². The van der Waals surface area contributed by atoms with Crippen molar-refractivity contribution in [3.05, 3.63) is 20.8 Å². The van der Waals surface area contributed by atoms with Gasteiger partial charge < -0.3 is 0 Å². The molecule has 0 bridgehead atoms. The van der Waals surface area contributed by atoms with Gasteiger partial charge in [-0.2, -0.15) is 0 Å². The van der Waals surface area contributed by atoms with Crippen molar-refractivity contribution in [2.45, 2.75) is 31.6 Å². The molecule has 0 radical (unpaired) electrons. The number of hydrogen-bond acceptors (Lipinski definition) is 1. The van der Waals surface area contributed by atoms with Gasteiger partial charge >= 0.3 is 0 Å². The van der Waals surface area contributed by atoms with Crippen LogP contribution in [0, 0.1) is 0 Å². The molecule has 1 aromatic heterocycles. The molecule has 0 N–H and O–H groups in total. The van der Waals surface area contributed by atoms with Crippen molar-refractivity contribution < 1.29 is 0 Å². The lowest BCUT2D eigenvalue weighted by Gasteiger charge is -2.03. The van der Waals surface area contributed by atoms with Crippen molar-refractivity contribution in [3.63, 3.8) is 0 Å². The normalized spacial score (nSPS) is 19.4. The smallest absolute Gasteiger partial charge is 0.0701 e. The van der Waals surface area contributed by atoms with Crippen LogP contribution in [0.25, 0.3) is 0 Å². The molecule has 0 saturated heterocycles. The molecule has 1 fully saturated rings. The van der Waals surface area contributed by atoms with Crippen molar-refractivity contribution in [2.75, 3.05) is 0 Å². The lowest BCUT2D eigenvalue weighted by Crippen LogP contribution is -1.85. The molecule has 0 unspecified atom stereocenters. The highest BCUT2D eigenvalue weighted by Crippen LogP contribution is 2.38. The molecule has 0 aromatic carbocycles. The zero-order valence-corrected chi connectivity index (χ0v) is 8.75. The summed E-state index contributed by atoms with van der Waals surface area (Å²) in [4.78, 5) is 1.58. The summed E-state index contributed by atoms with van der Waals surface area (Å²) in [5.74, 6) is 0.881. The van der Waals surface area contributed by atoms with Crippen LogP contribution in [0.1, 0.15) is 36.5 Å². The minimum Gasteiger partial charge on any atom is -0.133 e. The van der Waals surface area contributed by atoms with Gasteiger partial charge in [0.05, 0.1) is 3.79 Å². The molecule has 60 valence electrons. The van der Waals surface area contributed by atoms with Crippen LogP contribution in [0.15, 0.2) is 15.9 Å². The van der Waals surface area contributed by atoms with Crippen LogP contribution in [-0.4, -0.2) is 0 Å². The van der Waals surface area contributed by atoms with Crippen LogP contribution in [0.2, 0.25) is 0 Å². The first-order valence-corrected chi connectivity index (χ1v) is 5.72. The largest absolute Gasteiger partial charge is 0.133 e. The van der Waals surface area contributed by atoms with E-state index in [2.05, 4.69) is 28.1 Å². The topological polar surface area (TPSA) is 0 Å². The van der Waals surface area contributed by atoms with Gasteiger partial charge in [0.15, 0.2) is 0 Å². The quantitative estimate of drug-likeness (QED) is 0.680. The maximum Gasteiger partial charge on any atom is 0.0701 e. The average Bonchev–Trinajstić information content (AvgIpc) is 2.55. The second-order valence-electron chi connectivity index (χ2n) is 3.12. The molecule has 0 amide bonds. The molecule has 1 aromatic rings. The van der Waals surface area contributed by atoms with Crippen LogP contribution in [-0.2, 0) is 0 Å². The third kappa shape index (κ3) is 1.67. The van der Waals surface area contributed by atoms with Gasteiger partial charge in [-0.05, 0) is 46.8 Å². The number of thiophene rings is 1. The Morgan fingerprint density at radius 3 is 2.55 bits per heavy atom. The molecular weight excluding hydrogens is 220 g/mol. The maximum atomic E-state index is 3.50. The van der Waals surface area contributed by atoms with E-state index in [0.29, 0.717) is 0 Å². The van der Waals surface area contributed by atoms with E-state index in [9.17, 15) is 0 Å². The first kappa shape index (κ1) is 7.81. The van der Waals surface area contributed by atoms with Crippen LogP contribution in [0.3, 0.4) is 0 Å². The van der Waals surface area contributed by atoms with E-state index in [4.69, 9.17) is 0 Å². The molecule has 0 aliphatic heterocycles. The van der Waals surface area contributed by atoms with E-state index < -0.39 is 0 Å². The Bertz CT molecular complexity index is 235. The van der Waals surface area contributed by atoms with Crippen molar-refractivity contribution in [3.8, 4) is 0 Å². The Morgan fingerprint density at radius 1 is 1.27 bits per heavy atom. The van der Waals surface area contributed by atoms with Gasteiger partial charge in [0, 0.05) is 4.88 Å². The molecule has 11 heavy (non-hydrogen) atoms. The fourth-order valence-corrected chi connectivity index (χ4v) is 3.35. The van der Waals surface area contributed by atoms with Gasteiger partial charge in [-0.25, -0.2) is 0 Å². The van der Waals surface area contributed by atoms with Gasteiger partial charge in [0.2, 0.25) is 0 Å². The summed E-state index contributed by atoms with van der Waals surface area (Å²) in [6.07, 6.45) is 5.68. The summed E-state index contributed by atoms with van der Waals surface area (Å²) in [6, 6.07) is 4.43. The monoisotopic (exact) mass is 230 g/mol. The average molecular weight is 231 g/mol. The highest BCUT2D eigenvalue weighted by atomic mass is 79.9. The van der Waals surface area contributed by atoms with Crippen LogP contribution < -0.4 is 0 Å². The highest BCUT2D eigenvalue weighted by Gasteiger charge is 2.17. The van der Waals surface area contributed by atoms with Crippen molar-refractivity contribution in [1.29, 1.82) is 0 Å². The van der Waals surface area contributed by atoms with Gasteiger partial charge in [-0.3, -0.25) is 0 Å². The van der Waals surface area contributed by atoms with E-state index in [1.165, 1.54) is 29.5 Å². The number of hydrogen-bond donors (Lipinski definition) is 0. The Kier molecular flexibility index (Phi) is 2.33. The summed E-state index contributed by atoms with van der Waals surface area (Å²) in [7, 11) is 0. The van der Waals surface area contributed by atoms with Crippen LogP contribution in [0.5, 0.6) is 0 Å². The van der Waals surface area contributed by atoms with E-state index in [-0.39, 0.29) is 0 Å². The lowest BCUT2D eigenvalue weighted by molar-refractivity contribution is 0.738. The van der Waals surface area contributed by atoms with Gasteiger partial charge in [-0.15, -0.1) is 11.3 Å². The first-order valence-electron chi connectivity index (χ1n) is 4.11. The maximum absolute atomic E-state index is 3.50. The zero-order chi connectivity index (χ0) is 7.68. The SMILES string of the molecule is Brc1ccc(C2CCCC2)s1. The predicted molar refractivity (Wildman–Crippen MR) is 53.2 cm³/mol. The molecular formula is C9H11BrS. The number of rotatable bonds is 1. The minimum atomic E-state index is 0.881. The third-order valence-corrected chi connectivity index (χ3v) is 4.14. The summed E-state index contributed by atoms with van der Waals surface area (Å²) in [5, 5.41) is 0. The van der Waals surface area contributed by atoms with E-state index in [0.717, 1.165) is 5.92 Å². The fourth-order valence-electron chi connectivity index (χ4n) is 1.76. The lowest BCUT2D eigenvalue weighted by atomic mass is 10.1. The molecule has 1 saturated carbocycles. The van der Waals surface area contributed by atoms with E-state index in [1.54, 1.807) is 4.88 Å². The van der Waals surface area contributed by atoms with E-state index in [1.807, 2.05) is 11.3 Å². The predicted octanol–water partition coefficient (Wildman–Crippen LogP) is 4.17. The number of halogens is 1. The molecule has 2 heteroatoms. The Morgan fingerprint density at radius 2 is 2.00 bits per heavy atom. The summed E-state index contributed by atoms with van der Waals surface area (Å²) < 4.78 is 1.28. The molecule has 0 atom stereocenters. The minimum absolute atomic E-state index is 0.881. The van der Waals surface area contributed by atoms with Gasteiger partial charge in [0.1, 0.15) is 0 Å². The summed E-state index contributed by atoms with van der Waals surface area (Å²) in [5.41, 5.74) is 0. The molecule has 0 spiro atoms. The molecule has 1 heterocycles. The zero-order valence-electron chi connectivity index (χ0n) is 6.35. The second-order valence-corrected chi connectivity index (χ2v) is 5.62. The molecule has 1 aliphatic rings. The Labute approximate surface area is 79.8 Å². The molecule has 2 rings (SSSR count). The van der Waals surface area contributed by atoms with E-state index >= 15 is 0 Å². The Balaban J connectivity index is 2.15.